The Kier molecular flexibility index (Phi) is 4.05. The molecule has 3 rings (SSSR count). The molecule has 24 heavy (non-hydrogen) atoms. The number of amides is 1. The predicted octanol–water partition coefficient (Wildman–Crippen LogP) is 3.94. The molecule has 124 valence electrons. The van der Waals surface area contributed by atoms with Crippen molar-refractivity contribution >= 4 is 17.3 Å². The number of hydrogen-bond acceptors (Lipinski definition) is 3. The first-order valence-electron chi connectivity index (χ1n) is 7.74. The zero-order chi connectivity index (χ0) is 17.4. The van der Waals surface area contributed by atoms with Crippen LogP contribution in [0, 0.1) is 29.8 Å². The number of carbonyl (C=O) groups is 1. The molecule has 0 spiro atoms. The third-order valence-corrected chi connectivity index (χ3v) is 4.35. The highest BCUT2D eigenvalue weighted by Crippen LogP contribution is 2.33. The van der Waals surface area contributed by atoms with Gasteiger partial charge in [0, 0.05) is 24.2 Å². The summed E-state index contributed by atoms with van der Waals surface area (Å²) in [5.74, 6) is -0.598. The SMILES string of the molecule is Cc1ccc([N+](=O)[O-])cc1C(=O)N1CCCc2cc(F)cc(C)c21. The fourth-order valence-electron chi connectivity index (χ4n) is 3.22. The lowest BCUT2D eigenvalue weighted by Gasteiger charge is -2.31. The Balaban J connectivity index is 2.07. The molecule has 0 aliphatic carbocycles. The van der Waals surface area contributed by atoms with Crippen LogP contribution in [0.3, 0.4) is 0 Å². The number of carbonyl (C=O) groups excluding carboxylic acids is 1. The molecule has 0 bridgehead atoms. The van der Waals surface area contributed by atoms with E-state index in [1.807, 2.05) is 0 Å². The first-order chi connectivity index (χ1) is 11.4. The minimum atomic E-state index is -0.513. The summed E-state index contributed by atoms with van der Waals surface area (Å²) < 4.78 is 13.6. The van der Waals surface area contributed by atoms with E-state index in [1.54, 1.807) is 24.8 Å². The maximum absolute atomic E-state index is 13.6. The quantitative estimate of drug-likeness (QED) is 0.619. The van der Waals surface area contributed by atoms with Crippen molar-refractivity contribution in [1.29, 1.82) is 0 Å². The molecule has 6 heteroatoms. The Morgan fingerprint density at radius 2 is 1.96 bits per heavy atom. The summed E-state index contributed by atoms with van der Waals surface area (Å²) in [6, 6.07) is 7.14. The van der Waals surface area contributed by atoms with Gasteiger partial charge in [-0.1, -0.05) is 6.07 Å². The Morgan fingerprint density at radius 3 is 2.67 bits per heavy atom. The van der Waals surface area contributed by atoms with Crippen LogP contribution < -0.4 is 4.90 Å². The number of nitro benzene ring substituents is 1. The Labute approximate surface area is 138 Å². The van der Waals surface area contributed by atoms with Crippen molar-refractivity contribution in [3.8, 4) is 0 Å². The van der Waals surface area contributed by atoms with Crippen molar-refractivity contribution in [1.82, 2.24) is 0 Å². The first kappa shape index (κ1) is 16.1. The number of aryl methyl sites for hydroxylation is 3. The number of nitrogens with zero attached hydrogens (tertiary/aromatic N) is 2. The number of fused-ring (bicyclic) bond motifs is 1. The molecule has 0 unspecified atom stereocenters. The van der Waals surface area contributed by atoms with E-state index >= 15 is 0 Å². The van der Waals surface area contributed by atoms with Crippen LogP contribution in [0.2, 0.25) is 0 Å². The Morgan fingerprint density at radius 1 is 1.21 bits per heavy atom. The van der Waals surface area contributed by atoms with Gasteiger partial charge in [-0.2, -0.15) is 0 Å². The second kappa shape index (κ2) is 6.03. The maximum Gasteiger partial charge on any atom is 0.270 e. The highest BCUT2D eigenvalue weighted by Gasteiger charge is 2.27. The highest BCUT2D eigenvalue weighted by molar-refractivity contribution is 6.08. The molecule has 1 heterocycles. The largest absolute Gasteiger partial charge is 0.308 e. The van der Waals surface area contributed by atoms with E-state index in [-0.39, 0.29) is 17.4 Å². The summed E-state index contributed by atoms with van der Waals surface area (Å²) in [5, 5.41) is 11.0. The summed E-state index contributed by atoms with van der Waals surface area (Å²) in [6.45, 7) is 4.04. The summed E-state index contributed by atoms with van der Waals surface area (Å²) in [7, 11) is 0. The Hall–Kier alpha value is -2.76. The van der Waals surface area contributed by atoms with Gasteiger partial charge in [0.25, 0.3) is 11.6 Å². The third kappa shape index (κ3) is 2.75. The summed E-state index contributed by atoms with van der Waals surface area (Å²) in [5.41, 5.74) is 3.09. The van der Waals surface area contributed by atoms with Gasteiger partial charge in [-0.15, -0.1) is 0 Å². The summed E-state index contributed by atoms with van der Waals surface area (Å²) in [6.07, 6.45) is 1.45. The number of nitro groups is 1. The second-order valence-electron chi connectivity index (χ2n) is 6.05. The van der Waals surface area contributed by atoms with Gasteiger partial charge >= 0.3 is 0 Å². The molecule has 2 aromatic rings. The van der Waals surface area contributed by atoms with Crippen molar-refractivity contribution in [3.63, 3.8) is 0 Å². The van der Waals surface area contributed by atoms with Crippen LogP contribution in [0.1, 0.15) is 33.5 Å². The molecule has 0 fully saturated rings. The average molecular weight is 328 g/mol. The molecule has 0 N–H and O–H groups in total. The molecular weight excluding hydrogens is 311 g/mol. The number of rotatable bonds is 2. The molecule has 5 nitrogen and oxygen atoms in total. The predicted molar refractivity (Wildman–Crippen MR) is 89.0 cm³/mol. The van der Waals surface area contributed by atoms with Gasteiger partial charge in [-0.05, 0) is 55.5 Å². The van der Waals surface area contributed by atoms with E-state index < -0.39 is 4.92 Å². The van der Waals surface area contributed by atoms with E-state index in [2.05, 4.69) is 0 Å². The van der Waals surface area contributed by atoms with Crippen LogP contribution in [-0.4, -0.2) is 17.4 Å². The lowest BCUT2D eigenvalue weighted by Crippen LogP contribution is -2.36. The molecule has 0 saturated carbocycles. The molecule has 0 atom stereocenters. The van der Waals surface area contributed by atoms with Crippen LogP contribution in [-0.2, 0) is 6.42 Å². The molecule has 0 aromatic heterocycles. The zero-order valence-electron chi connectivity index (χ0n) is 13.5. The van der Waals surface area contributed by atoms with Crippen LogP contribution in [0.4, 0.5) is 15.8 Å². The van der Waals surface area contributed by atoms with E-state index in [4.69, 9.17) is 0 Å². The molecule has 1 aliphatic heterocycles. The van der Waals surface area contributed by atoms with Crippen LogP contribution in [0.25, 0.3) is 0 Å². The lowest BCUT2D eigenvalue weighted by atomic mass is 9.96. The van der Waals surface area contributed by atoms with Crippen LogP contribution in [0.5, 0.6) is 0 Å². The van der Waals surface area contributed by atoms with E-state index in [9.17, 15) is 19.3 Å². The number of hydrogen-bond donors (Lipinski definition) is 0. The number of anilines is 1. The highest BCUT2D eigenvalue weighted by atomic mass is 19.1. The average Bonchev–Trinajstić information content (AvgIpc) is 2.53. The van der Waals surface area contributed by atoms with Crippen LogP contribution >= 0.6 is 0 Å². The van der Waals surface area contributed by atoms with Gasteiger partial charge in [0.15, 0.2) is 0 Å². The van der Waals surface area contributed by atoms with Gasteiger partial charge in [-0.25, -0.2) is 4.39 Å². The standard InChI is InChI=1S/C18H17FN2O3/c1-11-5-6-15(21(23)24)10-16(11)18(22)20-7-3-4-13-9-14(19)8-12(2)17(13)20/h5-6,8-10H,3-4,7H2,1-2H3. The van der Waals surface area contributed by atoms with Crippen molar-refractivity contribution in [2.45, 2.75) is 26.7 Å². The number of benzene rings is 2. The Bertz CT molecular complexity index is 848. The topological polar surface area (TPSA) is 63.5 Å². The molecular formula is C18H17FN2O3. The van der Waals surface area contributed by atoms with Crippen LogP contribution in [0.15, 0.2) is 30.3 Å². The van der Waals surface area contributed by atoms with E-state index in [0.29, 0.717) is 29.7 Å². The fourth-order valence-corrected chi connectivity index (χ4v) is 3.22. The first-order valence-corrected chi connectivity index (χ1v) is 7.74. The van der Waals surface area contributed by atoms with Crippen molar-refractivity contribution in [3.05, 3.63) is 68.5 Å². The normalized spacial score (nSPS) is 13.5. The fraction of sp³-hybridized carbons (Fsp3) is 0.278. The van der Waals surface area contributed by atoms with E-state index in [0.717, 1.165) is 17.7 Å². The molecule has 0 saturated heterocycles. The maximum atomic E-state index is 13.6. The van der Waals surface area contributed by atoms with Gasteiger partial charge in [-0.3, -0.25) is 14.9 Å². The zero-order valence-corrected chi connectivity index (χ0v) is 13.5. The lowest BCUT2D eigenvalue weighted by molar-refractivity contribution is -0.384. The van der Waals surface area contributed by atoms with Gasteiger partial charge in [0.2, 0.25) is 0 Å². The van der Waals surface area contributed by atoms with Gasteiger partial charge in [0.1, 0.15) is 5.82 Å². The van der Waals surface area contributed by atoms with E-state index in [1.165, 1.54) is 24.3 Å². The molecule has 2 aromatic carbocycles. The molecule has 1 aliphatic rings. The van der Waals surface area contributed by atoms with Gasteiger partial charge < -0.3 is 4.90 Å². The monoisotopic (exact) mass is 328 g/mol. The summed E-state index contributed by atoms with van der Waals surface area (Å²) >= 11 is 0. The van der Waals surface area contributed by atoms with Crippen molar-refractivity contribution in [2.75, 3.05) is 11.4 Å². The molecule has 0 radical (unpaired) electrons. The number of halogens is 1. The minimum Gasteiger partial charge on any atom is -0.308 e. The smallest absolute Gasteiger partial charge is 0.270 e. The van der Waals surface area contributed by atoms with Gasteiger partial charge in [0.05, 0.1) is 10.6 Å². The third-order valence-electron chi connectivity index (χ3n) is 4.35. The van der Waals surface area contributed by atoms with Crippen molar-refractivity contribution < 1.29 is 14.1 Å². The number of non-ortho nitro benzene ring substituents is 1. The van der Waals surface area contributed by atoms with Crippen molar-refractivity contribution in [2.24, 2.45) is 0 Å². The minimum absolute atomic E-state index is 0.114. The second-order valence-corrected chi connectivity index (χ2v) is 6.05. The summed E-state index contributed by atoms with van der Waals surface area (Å²) in [4.78, 5) is 25.1. The molecule has 1 amide bonds.